The van der Waals surface area contributed by atoms with Crippen molar-refractivity contribution in [2.45, 2.75) is 6.61 Å². The molecule has 0 saturated carbocycles. The lowest BCUT2D eigenvalue weighted by molar-refractivity contribution is 0.306. The minimum absolute atomic E-state index is 0.579. The highest BCUT2D eigenvalue weighted by molar-refractivity contribution is 14.1. The third-order valence-electron chi connectivity index (χ3n) is 2.90. The monoisotopic (exact) mass is 361 g/mol. The second kappa shape index (κ2) is 5.57. The van der Waals surface area contributed by atoms with E-state index in [0.29, 0.717) is 6.61 Å². The summed E-state index contributed by atoms with van der Waals surface area (Å²) in [5, 5.41) is 1.13. The van der Waals surface area contributed by atoms with Crippen LogP contribution in [-0.2, 0) is 6.61 Å². The maximum absolute atomic E-state index is 5.80. The van der Waals surface area contributed by atoms with Crippen molar-refractivity contribution in [3.63, 3.8) is 0 Å². The van der Waals surface area contributed by atoms with Crippen LogP contribution in [0.25, 0.3) is 10.9 Å². The Morgan fingerprint density at radius 2 is 1.84 bits per heavy atom. The molecule has 0 aliphatic heterocycles. The molecule has 0 aliphatic rings. The van der Waals surface area contributed by atoms with Crippen LogP contribution in [0.5, 0.6) is 5.75 Å². The molecule has 0 saturated heterocycles. The predicted octanol–water partition coefficient (Wildman–Crippen LogP) is 4.42. The van der Waals surface area contributed by atoms with E-state index in [1.54, 1.807) is 6.20 Å². The van der Waals surface area contributed by atoms with Crippen LogP contribution in [0.15, 0.2) is 60.8 Å². The van der Waals surface area contributed by atoms with Gasteiger partial charge in [0.05, 0.1) is 5.52 Å². The number of benzene rings is 2. The molecule has 2 nitrogen and oxygen atoms in total. The van der Waals surface area contributed by atoms with E-state index in [2.05, 4.69) is 51.8 Å². The first-order chi connectivity index (χ1) is 9.31. The maximum atomic E-state index is 5.80. The van der Waals surface area contributed by atoms with Crippen molar-refractivity contribution >= 4 is 33.5 Å². The lowest BCUT2D eigenvalue weighted by Crippen LogP contribution is -1.95. The van der Waals surface area contributed by atoms with Gasteiger partial charge in [-0.3, -0.25) is 4.98 Å². The Hall–Kier alpha value is -1.62. The average molecular weight is 361 g/mol. The van der Waals surface area contributed by atoms with E-state index in [-0.39, 0.29) is 0 Å². The van der Waals surface area contributed by atoms with Gasteiger partial charge in [-0.15, -0.1) is 0 Å². The summed E-state index contributed by atoms with van der Waals surface area (Å²) in [5.74, 6) is 0.852. The number of hydrogen-bond acceptors (Lipinski definition) is 2. The molecular weight excluding hydrogens is 349 g/mol. The van der Waals surface area contributed by atoms with Crippen LogP contribution in [0, 0.1) is 3.57 Å². The molecule has 0 fully saturated rings. The number of aromatic nitrogens is 1. The van der Waals surface area contributed by atoms with Gasteiger partial charge in [-0.2, -0.15) is 0 Å². The van der Waals surface area contributed by atoms with Crippen molar-refractivity contribution in [2.24, 2.45) is 0 Å². The Balaban J connectivity index is 1.76. The Kier molecular flexibility index (Phi) is 3.64. The van der Waals surface area contributed by atoms with Gasteiger partial charge in [0.1, 0.15) is 12.4 Å². The highest BCUT2D eigenvalue weighted by atomic mass is 127. The summed E-state index contributed by atoms with van der Waals surface area (Å²) >= 11 is 2.30. The van der Waals surface area contributed by atoms with E-state index in [4.69, 9.17) is 4.74 Å². The molecule has 3 heteroatoms. The highest BCUT2D eigenvalue weighted by Crippen LogP contribution is 2.19. The van der Waals surface area contributed by atoms with Crippen LogP contribution in [-0.4, -0.2) is 4.98 Å². The van der Waals surface area contributed by atoms with E-state index in [9.17, 15) is 0 Å². The zero-order valence-corrected chi connectivity index (χ0v) is 12.4. The highest BCUT2D eigenvalue weighted by Gasteiger charge is 1.99. The molecule has 2 aromatic carbocycles. The van der Waals surface area contributed by atoms with Crippen molar-refractivity contribution in [3.05, 3.63) is 69.9 Å². The van der Waals surface area contributed by atoms with Gasteiger partial charge < -0.3 is 4.74 Å². The van der Waals surface area contributed by atoms with Gasteiger partial charge in [0.2, 0.25) is 0 Å². The van der Waals surface area contributed by atoms with E-state index in [1.165, 1.54) is 9.13 Å². The summed E-state index contributed by atoms with van der Waals surface area (Å²) in [6.45, 7) is 0.579. The number of ether oxygens (including phenoxy) is 1. The average Bonchev–Trinajstić information content (AvgIpc) is 2.46. The van der Waals surface area contributed by atoms with E-state index in [0.717, 1.165) is 16.7 Å². The molecule has 3 rings (SSSR count). The van der Waals surface area contributed by atoms with Crippen LogP contribution in [0.3, 0.4) is 0 Å². The summed E-state index contributed by atoms with van der Waals surface area (Å²) in [4.78, 5) is 4.33. The zero-order valence-electron chi connectivity index (χ0n) is 10.2. The molecule has 0 spiro atoms. The van der Waals surface area contributed by atoms with Gasteiger partial charge in [-0.25, -0.2) is 0 Å². The van der Waals surface area contributed by atoms with Gasteiger partial charge >= 0.3 is 0 Å². The lowest BCUT2D eigenvalue weighted by Gasteiger charge is -2.07. The molecule has 0 N–H and O–H groups in total. The number of pyridine rings is 1. The second-order valence-corrected chi connectivity index (χ2v) is 5.52. The summed E-state index contributed by atoms with van der Waals surface area (Å²) in [6.07, 6.45) is 1.80. The molecule has 0 radical (unpaired) electrons. The summed E-state index contributed by atoms with van der Waals surface area (Å²) in [6, 6.07) is 18.3. The van der Waals surface area contributed by atoms with E-state index in [1.807, 2.05) is 30.3 Å². The molecule has 1 aromatic heterocycles. The minimum atomic E-state index is 0.579. The van der Waals surface area contributed by atoms with Crippen molar-refractivity contribution in [1.29, 1.82) is 0 Å². The summed E-state index contributed by atoms with van der Waals surface area (Å²) in [7, 11) is 0. The molecule has 0 bridgehead atoms. The number of nitrogens with zero attached hydrogens (tertiary/aromatic N) is 1. The first-order valence-corrected chi connectivity index (χ1v) is 7.11. The van der Waals surface area contributed by atoms with Crippen LogP contribution >= 0.6 is 22.6 Å². The third kappa shape index (κ3) is 3.04. The fourth-order valence-electron chi connectivity index (χ4n) is 1.88. The van der Waals surface area contributed by atoms with Gasteiger partial charge in [-0.1, -0.05) is 18.2 Å². The number of halogens is 1. The van der Waals surface area contributed by atoms with Crippen molar-refractivity contribution < 1.29 is 4.74 Å². The van der Waals surface area contributed by atoms with Crippen molar-refractivity contribution in [3.8, 4) is 5.75 Å². The topological polar surface area (TPSA) is 22.1 Å². The van der Waals surface area contributed by atoms with Crippen LogP contribution < -0.4 is 4.74 Å². The predicted molar refractivity (Wildman–Crippen MR) is 85.2 cm³/mol. The Morgan fingerprint density at radius 3 is 2.68 bits per heavy atom. The van der Waals surface area contributed by atoms with Gasteiger partial charge in [0.25, 0.3) is 0 Å². The molecule has 19 heavy (non-hydrogen) atoms. The molecule has 0 amide bonds. The number of hydrogen-bond donors (Lipinski definition) is 0. The molecule has 94 valence electrons. The van der Waals surface area contributed by atoms with Crippen LogP contribution in [0.4, 0.5) is 0 Å². The SMILES string of the molecule is Ic1ccc(COc2ccc3cccnc3c2)cc1. The second-order valence-electron chi connectivity index (χ2n) is 4.27. The van der Waals surface area contributed by atoms with Gasteiger partial charge in [-0.05, 0) is 58.5 Å². The fourth-order valence-corrected chi connectivity index (χ4v) is 2.24. The maximum Gasteiger partial charge on any atom is 0.122 e. The van der Waals surface area contributed by atoms with Gasteiger partial charge in [0.15, 0.2) is 0 Å². The van der Waals surface area contributed by atoms with Crippen LogP contribution in [0.1, 0.15) is 5.56 Å². The molecule has 0 unspecified atom stereocenters. The molecule has 0 aliphatic carbocycles. The largest absolute Gasteiger partial charge is 0.489 e. The molecule has 1 heterocycles. The van der Waals surface area contributed by atoms with E-state index >= 15 is 0 Å². The third-order valence-corrected chi connectivity index (χ3v) is 3.62. The molecule has 3 aromatic rings. The minimum Gasteiger partial charge on any atom is -0.489 e. The molecular formula is C16H12INO. The van der Waals surface area contributed by atoms with Gasteiger partial charge in [0, 0.05) is 21.2 Å². The normalized spacial score (nSPS) is 10.6. The summed E-state index contributed by atoms with van der Waals surface area (Å²) in [5.41, 5.74) is 2.13. The standard InChI is InChI=1S/C16H12INO/c17-14-6-3-12(4-7-14)11-19-15-8-5-13-2-1-9-18-16(13)10-15/h1-10H,11H2. The fraction of sp³-hybridized carbons (Fsp3) is 0.0625. The number of fused-ring (bicyclic) bond motifs is 1. The summed E-state index contributed by atoms with van der Waals surface area (Å²) < 4.78 is 7.03. The first kappa shape index (κ1) is 12.4. The zero-order chi connectivity index (χ0) is 13.1. The molecule has 0 atom stereocenters. The Bertz CT molecular complexity index is 694. The number of rotatable bonds is 3. The van der Waals surface area contributed by atoms with Crippen molar-refractivity contribution in [2.75, 3.05) is 0 Å². The van der Waals surface area contributed by atoms with Crippen molar-refractivity contribution in [1.82, 2.24) is 4.98 Å². The van der Waals surface area contributed by atoms with Crippen LogP contribution in [0.2, 0.25) is 0 Å². The first-order valence-electron chi connectivity index (χ1n) is 6.03. The Labute approximate surface area is 125 Å². The van der Waals surface area contributed by atoms with E-state index < -0.39 is 0 Å². The Morgan fingerprint density at radius 1 is 1.00 bits per heavy atom. The smallest absolute Gasteiger partial charge is 0.122 e. The lowest BCUT2D eigenvalue weighted by atomic mass is 10.2. The quantitative estimate of drug-likeness (QED) is 0.645.